The van der Waals surface area contributed by atoms with Gasteiger partial charge in [-0.2, -0.15) is 0 Å². The lowest BCUT2D eigenvalue weighted by Gasteiger charge is -2.06. The number of fused-ring (bicyclic) bond motifs is 5. The highest BCUT2D eigenvalue weighted by atomic mass is 35.5. The molecule has 20 rings (SSSR count). The molecule has 0 radical (unpaired) electrons. The summed E-state index contributed by atoms with van der Waals surface area (Å²) in [5.41, 5.74) is 25.1. The number of hydrogen-bond donors (Lipinski definition) is 7. The molecule has 0 saturated heterocycles. The number of aryl methyl sites for hydroxylation is 7. The largest absolute Gasteiger partial charge is 0.357 e. The number of carbonyl (C=O) groups excluding carboxylic acids is 5. The van der Waals surface area contributed by atoms with E-state index in [9.17, 15) is 24.0 Å². The molecule has 0 aliphatic rings. The smallest absolute Gasteiger partial charge is 0.294 e. The highest BCUT2D eigenvalue weighted by Gasteiger charge is 2.22. The van der Waals surface area contributed by atoms with Crippen molar-refractivity contribution in [2.24, 2.45) is 0 Å². The number of carbonyl (C=O) groups is 5. The maximum atomic E-state index is 12.6. The number of nitrogens with zero attached hydrogens (tertiary/aromatic N) is 8. The Hall–Kier alpha value is -15.4. The average Bonchev–Trinajstić information content (AvgIpc) is 1.67. The molecular formula is C104H92ClN15O6S2. The van der Waals surface area contributed by atoms with Crippen LogP contribution >= 0.6 is 34.3 Å². The molecule has 21 nitrogen and oxygen atoms in total. The lowest BCUT2D eigenvalue weighted by atomic mass is 10.1. The van der Waals surface area contributed by atoms with Crippen LogP contribution in [-0.2, 0) is 32.7 Å². The van der Waals surface area contributed by atoms with E-state index in [0.717, 1.165) is 132 Å². The molecule has 0 fully saturated rings. The molecule has 0 saturated carbocycles. The van der Waals surface area contributed by atoms with Crippen molar-refractivity contribution in [3.63, 3.8) is 0 Å². The van der Waals surface area contributed by atoms with Crippen LogP contribution in [0.25, 0.3) is 54.5 Å². The predicted molar refractivity (Wildman–Crippen MR) is 518 cm³/mol. The van der Waals surface area contributed by atoms with Gasteiger partial charge in [-0.05, 0) is 135 Å². The van der Waals surface area contributed by atoms with Gasteiger partial charge in [0.15, 0.2) is 4.47 Å². The minimum atomic E-state index is -0.310. The molecule has 0 aliphatic carbocycles. The van der Waals surface area contributed by atoms with E-state index in [2.05, 4.69) is 261 Å². The first-order valence-corrected chi connectivity index (χ1v) is 43.8. The summed E-state index contributed by atoms with van der Waals surface area (Å²) in [6.45, 7) is 18.1. The predicted octanol–water partition coefficient (Wildman–Crippen LogP) is 24.1. The summed E-state index contributed by atoms with van der Waals surface area (Å²) in [4.78, 5) is 76.8. The third-order valence-corrected chi connectivity index (χ3v) is 23.9. The fourth-order valence-electron chi connectivity index (χ4n) is 15.1. The van der Waals surface area contributed by atoms with Crippen molar-refractivity contribution in [2.75, 3.05) is 26.6 Å². The van der Waals surface area contributed by atoms with E-state index in [1.807, 2.05) is 153 Å². The van der Waals surface area contributed by atoms with Crippen LogP contribution in [0.4, 0.5) is 28.4 Å². The second kappa shape index (κ2) is 39.6. The average molecular weight is 1750 g/mol. The van der Waals surface area contributed by atoms with Crippen molar-refractivity contribution in [3.05, 3.63) is 426 Å². The van der Waals surface area contributed by atoms with Crippen molar-refractivity contribution >= 4 is 147 Å². The topological polar surface area (TPSA) is 254 Å². The second-order valence-corrected chi connectivity index (χ2v) is 33.8. The first-order chi connectivity index (χ1) is 62.2. The molecule has 10 aromatic carbocycles. The minimum absolute atomic E-state index is 0.0456. The first kappa shape index (κ1) is 86.1. The van der Waals surface area contributed by atoms with Crippen LogP contribution < -0.4 is 26.6 Å². The SMILES string of the molecule is Cc1ccc(Cn2cc(NC(=O)c3[nH]ccc3C)c3ccccc32)cc1.Cc1ccc(Cn2cc(NC(=O)c3ccno3)c3ccccc32)cc1.Cc1ccc(Cn2cc(NC(=O)c3cnc[nH]3)c3ccccc32)cc1.Cc1ccc(Cn2cc(NC(=O)c3csc(Cl)n3)c3ccccc32)cc1.Cc1ccc(Cn2cc(NC(=O)c3sccc3C)c3ccccc32)cc1. The van der Waals surface area contributed by atoms with Crippen LogP contribution in [0.1, 0.15) is 118 Å². The number of aromatic nitrogens is 10. The van der Waals surface area contributed by atoms with Crippen LogP contribution in [0.3, 0.4) is 0 Å². The Balaban J connectivity index is 0.000000117. The number of thiazole rings is 1. The van der Waals surface area contributed by atoms with Gasteiger partial charge in [-0.3, -0.25) is 24.0 Å². The lowest BCUT2D eigenvalue weighted by Crippen LogP contribution is -2.13. The van der Waals surface area contributed by atoms with Gasteiger partial charge in [-0.15, -0.1) is 22.7 Å². The number of H-pyrrole nitrogens is 2. The quantitative estimate of drug-likeness (QED) is 0.0382. The summed E-state index contributed by atoms with van der Waals surface area (Å²) >= 11 is 8.55. The molecule has 7 N–H and O–H groups in total. The van der Waals surface area contributed by atoms with Gasteiger partial charge in [0.2, 0.25) is 5.76 Å². The molecule has 5 amide bonds. The molecule has 0 spiro atoms. The summed E-state index contributed by atoms with van der Waals surface area (Å²) in [6, 6.07) is 88.3. The molecule has 20 aromatic rings. The Labute approximate surface area is 752 Å². The van der Waals surface area contributed by atoms with Crippen molar-refractivity contribution < 1.29 is 28.5 Å². The number of aromatic amines is 2. The first-order valence-electron chi connectivity index (χ1n) is 41.7. The van der Waals surface area contributed by atoms with Gasteiger partial charge in [0, 0.05) is 108 Å². The van der Waals surface area contributed by atoms with Gasteiger partial charge in [-0.25, -0.2) is 9.97 Å². The molecular weight excluding hydrogens is 1650 g/mol. The number of halogens is 1. The van der Waals surface area contributed by atoms with E-state index in [4.69, 9.17) is 16.1 Å². The third kappa shape index (κ3) is 20.8. The molecule has 128 heavy (non-hydrogen) atoms. The van der Waals surface area contributed by atoms with Crippen LogP contribution in [0.2, 0.25) is 4.47 Å². The van der Waals surface area contributed by atoms with Crippen molar-refractivity contribution in [3.8, 4) is 0 Å². The Morgan fingerprint density at radius 2 is 0.711 bits per heavy atom. The number of imidazole rings is 1. The summed E-state index contributed by atoms with van der Waals surface area (Å²) in [7, 11) is 0. The maximum absolute atomic E-state index is 12.6. The highest BCUT2D eigenvalue weighted by Crippen LogP contribution is 2.34. The highest BCUT2D eigenvalue weighted by molar-refractivity contribution is 7.14. The number of thiophene rings is 1. The number of rotatable bonds is 20. The van der Waals surface area contributed by atoms with Gasteiger partial charge in [0.25, 0.3) is 29.5 Å². The van der Waals surface area contributed by atoms with E-state index in [1.165, 1.54) is 97.0 Å². The molecule has 0 aliphatic heterocycles. The lowest BCUT2D eigenvalue weighted by molar-refractivity contribution is 0.0984. The number of hydrogen-bond acceptors (Lipinski definition) is 11. The summed E-state index contributed by atoms with van der Waals surface area (Å²) in [5.74, 6) is -0.741. The standard InChI is InChI=1S/C22H21N3O.C22H20N2OS.C20H16ClN3OS.C20H18N4O.C20H17N3O2/c1-15-7-9-17(10-8-15)13-25-14-19(18-5-3-4-6-20(18)25)24-22(26)21-16(2)11-12-23-21;1-15-7-9-17(10-8-15)13-24-14-19(18-5-3-4-6-20(18)24)23-22(25)21-16(2)11-12-26-21;1-13-6-8-14(9-7-13)10-24-11-16(15-4-2-3-5-18(15)24)22-19(25)17-12-26-20(21)23-17;1-14-6-8-15(9-7-14)11-24-12-18(16-4-2-3-5-19(16)24)23-20(25)17-10-21-13-22-17;1-14-6-8-15(9-7-14)12-23-13-17(16-4-2-3-5-18(16)23)22-20(24)19-10-11-21-25-19/h3-12,14,23H,13H2,1-2H3,(H,24,26);3-12,14H,13H2,1-2H3,(H,23,25);2-9,11-12H,10H2,1H3,(H,22,25);2-10,12-13H,11H2,1H3,(H,21,22)(H,23,25);2-11,13H,12H2,1H3,(H,22,24). The zero-order valence-electron chi connectivity index (χ0n) is 71.4. The van der Waals surface area contributed by atoms with Gasteiger partial charge in [0.05, 0.1) is 79.6 Å². The van der Waals surface area contributed by atoms with E-state index in [0.29, 0.717) is 21.5 Å². The molecule has 24 heteroatoms. The van der Waals surface area contributed by atoms with E-state index in [1.54, 1.807) is 17.6 Å². The molecule has 0 unspecified atom stereocenters. The minimum Gasteiger partial charge on any atom is -0.357 e. The Kier molecular flexibility index (Phi) is 26.6. The summed E-state index contributed by atoms with van der Waals surface area (Å²) in [6.07, 6.45) is 16.2. The third-order valence-electron chi connectivity index (χ3n) is 21.9. The van der Waals surface area contributed by atoms with Gasteiger partial charge < -0.3 is 63.9 Å². The number of benzene rings is 10. The van der Waals surface area contributed by atoms with E-state index < -0.39 is 0 Å². The van der Waals surface area contributed by atoms with E-state index >= 15 is 0 Å². The van der Waals surface area contributed by atoms with Crippen LogP contribution in [0, 0.1) is 48.5 Å². The Morgan fingerprint density at radius 1 is 0.367 bits per heavy atom. The number of para-hydroxylation sites is 5. The van der Waals surface area contributed by atoms with Crippen LogP contribution in [-0.4, -0.2) is 77.5 Å². The van der Waals surface area contributed by atoms with Crippen LogP contribution in [0.15, 0.2) is 332 Å². The van der Waals surface area contributed by atoms with Gasteiger partial charge >= 0.3 is 0 Å². The van der Waals surface area contributed by atoms with Gasteiger partial charge in [-0.1, -0.05) is 257 Å². The fourth-order valence-corrected chi connectivity index (χ4v) is 16.7. The molecule has 0 bridgehead atoms. The number of amides is 5. The normalized spacial score (nSPS) is 11.0. The molecule has 10 aromatic heterocycles. The molecule has 10 heterocycles. The molecule has 0 atom stereocenters. The van der Waals surface area contributed by atoms with Crippen molar-refractivity contribution in [1.29, 1.82) is 0 Å². The number of nitrogens with one attached hydrogen (secondary N) is 7. The Bertz CT molecular complexity index is 6930. The monoisotopic (exact) mass is 1750 g/mol. The van der Waals surface area contributed by atoms with Crippen LogP contribution in [0.5, 0.6) is 0 Å². The number of anilines is 5. The summed E-state index contributed by atoms with van der Waals surface area (Å²) < 4.78 is 16.1. The molecule has 638 valence electrons. The zero-order valence-corrected chi connectivity index (χ0v) is 73.8. The summed E-state index contributed by atoms with van der Waals surface area (Å²) in [5, 5.41) is 27.3. The van der Waals surface area contributed by atoms with Gasteiger partial charge in [0.1, 0.15) is 17.1 Å². The Morgan fingerprint density at radius 3 is 1.02 bits per heavy atom. The fraction of sp³-hybridized carbons (Fsp3) is 0.115. The second-order valence-electron chi connectivity index (χ2n) is 31.4. The zero-order chi connectivity index (χ0) is 88.7. The van der Waals surface area contributed by atoms with Crippen molar-refractivity contribution in [2.45, 2.75) is 81.2 Å². The van der Waals surface area contributed by atoms with E-state index in [-0.39, 0.29) is 35.3 Å². The van der Waals surface area contributed by atoms with Crippen molar-refractivity contribution in [1.82, 2.24) is 47.9 Å². The maximum Gasteiger partial charge on any atom is 0.294 e.